The molecule has 2 atom stereocenters. The molecule has 7 nitrogen and oxygen atoms in total. The number of halogens is 3. The molecule has 2 aromatic heterocycles. The Kier molecular flexibility index (Phi) is 4.86. The van der Waals surface area contributed by atoms with Crippen molar-refractivity contribution in [3.63, 3.8) is 0 Å². The van der Waals surface area contributed by atoms with E-state index in [0.29, 0.717) is 37.0 Å². The fraction of sp³-hybridized carbons (Fsp3) is 0.476. The molecule has 2 fully saturated rings. The fourth-order valence-electron chi connectivity index (χ4n) is 4.70. The predicted molar refractivity (Wildman–Crippen MR) is 112 cm³/mol. The van der Waals surface area contributed by atoms with Crippen LogP contribution in [-0.2, 0) is 0 Å². The van der Waals surface area contributed by atoms with Crippen LogP contribution in [-0.4, -0.2) is 54.4 Å². The van der Waals surface area contributed by atoms with Crippen LogP contribution in [0.4, 0.5) is 41.1 Å². The van der Waals surface area contributed by atoms with Gasteiger partial charge in [0, 0.05) is 32.4 Å². The van der Waals surface area contributed by atoms with E-state index in [1.165, 1.54) is 0 Å². The van der Waals surface area contributed by atoms with Crippen LogP contribution in [0.15, 0.2) is 36.5 Å². The summed E-state index contributed by atoms with van der Waals surface area (Å²) in [5.74, 6) is 0.0527. The summed E-state index contributed by atoms with van der Waals surface area (Å²) in [4.78, 5) is 27.5. The second-order valence-electron chi connectivity index (χ2n) is 8.24. The molecule has 164 valence electrons. The van der Waals surface area contributed by atoms with Gasteiger partial charge in [0.15, 0.2) is 5.82 Å². The van der Waals surface area contributed by atoms with E-state index < -0.39 is 12.1 Å². The maximum atomic E-state index is 13.3. The monoisotopic (exact) mass is 432 g/mol. The molecular weight excluding hydrogens is 409 g/mol. The number of nitrogens with one attached hydrogen (secondary N) is 1. The third-order valence-corrected chi connectivity index (χ3v) is 6.26. The van der Waals surface area contributed by atoms with E-state index in [1.807, 2.05) is 6.07 Å². The van der Waals surface area contributed by atoms with Crippen LogP contribution in [0.3, 0.4) is 0 Å². The van der Waals surface area contributed by atoms with Crippen molar-refractivity contribution in [3.05, 3.63) is 36.5 Å². The van der Waals surface area contributed by atoms with E-state index in [0.717, 1.165) is 18.7 Å². The molecule has 0 aliphatic carbocycles. The summed E-state index contributed by atoms with van der Waals surface area (Å²) in [6.45, 7) is 1.93. The van der Waals surface area contributed by atoms with Crippen molar-refractivity contribution in [3.8, 4) is 0 Å². The van der Waals surface area contributed by atoms with Crippen molar-refractivity contribution in [1.82, 2.24) is 9.97 Å². The van der Waals surface area contributed by atoms with E-state index in [1.54, 1.807) is 40.3 Å². The number of alkyl halides is 3. The number of aromatic nitrogens is 2. The van der Waals surface area contributed by atoms with Gasteiger partial charge in [-0.05, 0) is 43.5 Å². The summed E-state index contributed by atoms with van der Waals surface area (Å²) in [6, 6.07) is 8.53. The summed E-state index contributed by atoms with van der Waals surface area (Å²) in [6.07, 6.45) is -1.21. The summed E-state index contributed by atoms with van der Waals surface area (Å²) in [7, 11) is 0. The third-order valence-electron chi connectivity index (χ3n) is 6.26. The minimum Gasteiger partial charge on any atom is -0.366 e. The lowest BCUT2D eigenvalue weighted by Crippen LogP contribution is -2.48. The highest BCUT2D eigenvalue weighted by molar-refractivity contribution is 6.04. The number of fused-ring (bicyclic) bond motifs is 4. The molecule has 1 N–H and O–H groups in total. The molecule has 5 rings (SSSR count). The molecule has 5 heterocycles. The molecule has 2 amide bonds. The number of carbonyl (C=O) groups excluding carboxylic acids is 1. The Labute approximate surface area is 177 Å². The number of anilines is 4. The summed E-state index contributed by atoms with van der Waals surface area (Å²) in [5, 5.41) is 2.82. The minimum atomic E-state index is -4.22. The number of pyridine rings is 2. The topological polar surface area (TPSA) is 64.6 Å². The Bertz CT molecular complexity index is 969. The molecular formula is C21H23F3N6O. The van der Waals surface area contributed by atoms with Crippen molar-refractivity contribution < 1.29 is 18.0 Å². The highest BCUT2D eigenvalue weighted by Crippen LogP contribution is 2.41. The van der Waals surface area contributed by atoms with Gasteiger partial charge < -0.3 is 9.80 Å². The van der Waals surface area contributed by atoms with E-state index in [2.05, 4.69) is 15.2 Å². The van der Waals surface area contributed by atoms with Gasteiger partial charge in [-0.25, -0.2) is 14.8 Å². The quantitative estimate of drug-likeness (QED) is 0.780. The van der Waals surface area contributed by atoms with Crippen LogP contribution in [0.2, 0.25) is 0 Å². The molecule has 31 heavy (non-hydrogen) atoms. The maximum absolute atomic E-state index is 13.3. The first-order chi connectivity index (χ1) is 14.9. The molecule has 10 heteroatoms. The van der Waals surface area contributed by atoms with Crippen molar-refractivity contribution in [2.75, 3.05) is 46.2 Å². The van der Waals surface area contributed by atoms with Crippen LogP contribution in [0.5, 0.6) is 0 Å². The lowest BCUT2D eigenvalue weighted by molar-refractivity contribution is -0.176. The van der Waals surface area contributed by atoms with Gasteiger partial charge in [-0.1, -0.05) is 6.07 Å². The Morgan fingerprint density at radius 1 is 1.06 bits per heavy atom. The number of rotatable bonds is 2. The number of urea groups is 1. The summed E-state index contributed by atoms with van der Waals surface area (Å²) >= 11 is 0. The first-order valence-corrected chi connectivity index (χ1v) is 10.5. The Morgan fingerprint density at radius 3 is 2.71 bits per heavy atom. The average Bonchev–Trinajstić information content (AvgIpc) is 3.18. The Morgan fingerprint density at radius 2 is 1.94 bits per heavy atom. The first-order valence-electron chi connectivity index (χ1n) is 10.5. The minimum absolute atomic E-state index is 0.0387. The average molecular weight is 432 g/mol. The second kappa shape index (κ2) is 7.58. The number of carbonyl (C=O) groups is 1. The number of piperidine rings is 1. The number of nitrogens with zero attached hydrogens (tertiary/aromatic N) is 5. The van der Waals surface area contributed by atoms with Gasteiger partial charge in [0.25, 0.3) is 0 Å². The molecule has 1 unspecified atom stereocenters. The van der Waals surface area contributed by atoms with Gasteiger partial charge in [-0.2, -0.15) is 13.2 Å². The molecule has 2 aromatic rings. The van der Waals surface area contributed by atoms with Crippen LogP contribution in [0.25, 0.3) is 0 Å². The van der Waals surface area contributed by atoms with Gasteiger partial charge in [0.1, 0.15) is 11.6 Å². The molecule has 0 aromatic carbocycles. The van der Waals surface area contributed by atoms with Gasteiger partial charge >= 0.3 is 12.2 Å². The van der Waals surface area contributed by atoms with Crippen molar-refractivity contribution >= 4 is 29.2 Å². The van der Waals surface area contributed by atoms with Crippen LogP contribution < -0.4 is 20.0 Å². The second-order valence-corrected chi connectivity index (χ2v) is 8.24. The first kappa shape index (κ1) is 19.9. The summed E-state index contributed by atoms with van der Waals surface area (Å²) < 4.78 is 39.8. The van der Waals surface area contributed by atoms with Gasteiger partial charge in [-0.3, -0.25) is 10.2 Å². The fourth-order valence-corrected chi connectivity index (χ4v) is 4.70. The SMILES string of the molecule is O=C(Nc1ccccn1)N1c2nc(N3CCCC(C(F)(F)F)C3)ccc2N2CC[C@H]1C2. The zero-order valence-electron chi connectivity index (χ0n) is 16.8. The number of hydrogen-bond donors (Lipinski definition) is 1. The molecule has 3 aliphatic heterocycles. The molecule has 0 spiro atoms. The number of hydrogen-bond acceptors (Lipinski definition) is 5. The molecule has 0 radical (unpaired) electrons. The van der Waals surface area contributed by atoms with Gasteiger partial charge in [0.2, 0.25) is 0 Å². The van der Waals surface area contributed by atoms with E-state index in [4.69, 9.17) is 4.98 Å². The molecule has 2 saturated heterocycles. The van der Waals surface area contributed by atoms with E-state index >= 15 is 0 Å². The van der Waals surface area contributed by atoms with Crippen LogP contribution in [0, 0.1) is 5.92 Å². The highest BCUT2D eigenvalue weighted by Gasteiger charge is 2.43. The van der Waals surface area contributed by atoms with Crippen LogP contribution >= 0.6 is 0 Å². The lowest BCUT2D eigenvalue weighted by Gasteiger charge is -2.38. The van der Waals surface area contributed by atoms with Crippen molar-refractivity contribution in [2.45, 2.75) is 31.5 Å². The third kappa shape index (κ3) is 3.75. The van der Waals surface area contributed by atoms with Gasteiger partial charge in [0.05, 0.1) is 17.6 Å². The molecule has 2 bridgehead atoms. The largest absolute Gasteiger partial charge is 0.393 e. The lowest BCUT2D eigenvalue weighted by atomic mass is 9.97. The Hall–Kier alpha value is -3.04. The zero-order chi connectivity index (χ0) is 21.6. The van der Waals surface area contributed by atoms with Crippen molar-refractivity contribution in [1.29, 1.82) is 0 Å². The van der Waals surface area contributed by atoms with Crippen molar-refractivity contribution in [2.24, 2.45) is 5.92 Å². The van der Waals surface area contributed by atoms with E-state index in [9.17, 15) is 18.0 Å². The zero-order valence-corrected chi connectivity index (χ0v) is 16.8. The maximum Gasteiger partial charge on any atom is 0.393 e. The standard InChI is InChI=1S/C21H23F3N6O/c22-21(23,24)14-4-3-10-29(12-14)18-7-6-16-19(27-18)30(15-8-11-28(16)13-15)20(31)26-17-5-1-2-9-25-17/h1-2,5-7,9,14-15H,3-4,8,10-13H2,(H,25,26,31)/t14?,15-/m0/s1. The van der Waals surface area contributed by atoms with Gasteiger partial charge in [-0.15, -0.1) is 0 Å². The predicted octanol–water partition coefficient (Wildman–Crippen LogP) is 3.89. The van der Waals surface area contributed by atoms with Crippen LogP contribution in [0.1, 0.15) is 19.3 Å². The Balaban J connectivity index is 1.45. The number of amides is 2. The summed E-state index contributed by atoms with van der Waals surface area (Å²) in [5.41, 5.74) is 0.832. The smallest absolute Gasteiger partial charge is 0.366 e. The normalized spacial score (nSPS) is 23.0. The molecule has 0 saturated carbocycles. The van der Waals surface area contributed by atoms with E-state index in [-0.39, 0.29) is 25.0 Å². The highest BCUT2D eigenvalue weighted by atomic mass is 19.4. The molecule has 3 aliphatic rings.